The zero-order valence-electron chi connectivity index (χ0n) is 20.9. The molecule has 7 nitrogen and oxygen atoms in total. The molecule has 0 bridgehead atoms. The van der Waals surface area contributed by atoms with E-state index in [0.717, 1.165) is 16.2 Å². The molecule has 1 amide bonds. The van der Waals surface area contributed by atoms with Crippen LogP contribution >= 0.6 is 11.8 Å². The monoisotopic (exact) mass is 504 g/mol. The summed E-state index contributed by atoms with van der Waals surface area (Å²) in [7, 11) is 5.57. The molecule has 0 aromatic heterocycles. The van der Waals surface area contributed by atoms with Crippen LogP contribution in [0.1, 0.15) is 21.5 Å². The number of hydrogen-bond donors (Lipinski definition) is 2. The van der Waals surface area contributed by atoms with E-state index in [9.17, 15) is 4.79 Å². The number of aliphatic imine (C=N–C) groups is 1. The topological polar surface area (TPSA) is 97.0 Å². The largest absolute Gasteiger partial charge is 0.454 e. The van der Waals surface area contributed by atoms with Crippen molar-refractivity contribution in [2.75, 3.05) is 31.4 Å². The Kier molecular flexibility index (Phi) is 11.4. The second-order valence-corrected chi connectivity index (χ2v) is 8.79. The first-order valence-electron chi connectivity index (χ1n) is 11.1. The van der Waals surface area contributed by atoms with E-state index >= 15 is 0 Å². The van der Waals surface area contributed by atoms with Crippen LogP contribution in [-0.4, -0.2) is 40.6 Å². The summed E-state index contributed by atoms with van der Waals surface area (Å²) in [6.45, 7) is 5.62. The Morgan fingerprint density at radius 3 is 2.36 bits per heavy atom. The zero-order valence-corrected chi connectivity index (χ0v) is 21.7. The van der Waals surface area contributed by atoms with Crippen molar-refractivity contribution in [3.8, 4) is 11.5 Å². The van der Waals surface area contributed by atoms with E-state index in [0.29, 0.717) is 29.2 Å². The molecule has 36 heavy (non-hydrogen) atoms. The van der Waals surface area contributed by atoms with Gasteiger partial charge in [0.25, 0.3) is 5.91 Å². The highest BCUT2D eigenvalue weighted by Crippen LogP contribution is 2.37. The third kappa shape index (κ3) is 7.56. The van der Waals surface area contributed by atoms with E-state index in [1.54, 1.807) is 30.1 Å². The molecule has 0 fully saturated rings. The van der Waals surface area contributed by atoms with Crippen molar-refractivity contribution in [3.63, 3.8) is 0 Å². The number of anilines is 2. The van der Waals surface area contributed by atoms with Crippen molar-refractivity contribution in [2.24, 2.45) is 10.7 Å². The van der Waals surface area contributed by atoms with Gasteiger partial charge >= 0.3 is 0 Å². The van der Waals surface area contributed by atoms with Crippen LogP contribution in [0, 0.1) is 0 Å². The summed E-state index contributed by atoms with van der Waals surface area (Å²) in [4.78, 5) is 27.8. The van der Waals surface area contributed by atoms with Crippen LogP contribution in [0.2, 0.25) is 0 Å². The average Bonchev–Trinajstić information content (AvgIpc) is 3.05. The van der Waals surface area contributed by atoms with E-state index in [1.165, 1.54) is 18.3 Å². The third-order valence-electron chi connectivity index (χ3n) is 5.13. The number of nitrogens with one attached hydrogen (secondary N) is 1. The van der Waals surface area contributed by atoms with Crippen molar-refractivity contribution >= 4 is 42.6 Å². The predicted octanol–water partition coefficient (Wildman–Crippen LogP) is 5.52. The molecule has 0 atom stereocenters. The summed E-state index contributed by atoms with van der Waals surface area (Å²) in [6.07, 6.45) is 2.49. The first-order chi connectivity index (χ1) is 17.5. The number of amides is 1. The van der Waals surface area contributed by atoms with Crippen LogP contribution in [-0.2, 0) is 17.0 Å². The first-order valence-corrected chi connectivity index (χ1v) is 12.1. The molecule has 1 aliphatic rings. The van der Waals surface area contributed by atoms with Crippen LogP contribution in [0.15, 0.2) is 82.8 Å². The zero-order chi connectivity index (χ0) is 26.5. The fourth-order valence-corrected chi connectivity index (χ4v) is 4.39. The Morgan fingerprint density at radius 1 is 1.03 bits per heavy atom. The van der Waals surface area contributed by atoms with E-state index in [1.807, 2.05) is 51.2 Å². The Labute approximate surface area is 217 Å². The molecule has 0 saturated heterocycles. The van der Waals surface area contributed by atoms with Crippen molar-refractivity contribution in [1.29, 1.82) is 0 Å². The Bertz CT molecular complexity index is 1190. The van der Waals surface area contributed by atoms with Crippen LogP contribution < -0.4 is 20.7 Å². The highest BCUT2D eigenvalue weighted by Gasteiger charge is 2.20. The molecular weight excluding hydrogens is 472 g/mol. The fourth-order valence-electron chi connectivity index (χ4n) is 3.43. The van der Waals surface area contributed by atoms with E-state index < -0.39 is 0 Å². The molecule has 0 aliphatic carbocycles. The molecule has 0 spiro atoms. The van der Waals surface area contributed by atoms with Gasteiger partial charge in [-0.2, -0.15) is 0 Å². The van der Waals surface area contributed by atoms with Crippen molar-refractivity contribution < 1.29 is 14.3 Å². The van der Waals surface area contributed by atoms with Gasteiger partial charge < -0.3 is 25.5 Å². The molecule has 188 valence electrons. The van der Waals surface area contributed by atoms with E-state index in [-0.39, 0.29) is 5.91 Å². The summed E-state index contributed by atoms with van der Waals surface area (Å²) in [6, 6.07) is 21.7. The number of ether oxygens (including phenoxy) is 1. The highest BCUT2D eigenvalue weighted by molar-refractivity contribution is 8.02. The molecule has 3 aromatic carbocycles. The second kappa shape index (κ2) is 14.5. The Morgan fingerprint density at radius 2 is 1.69 bits per heavy atom. The smallest absolute Gasteiger partial charge is 0.259 e. The number of hydrogen-bond acceptors (Lipinski definition) is 7. The SMILES string of the molecule is C=N/C=C(/Cc1ccc2c(c1)NC(=O)c1ccccc1O2)SCc1ccc(N(C)C)cc1.C=O.CN. The molecule has 3 aromatic rings. The van der Waals surface area contributed by atoms with Crippen molar-refractivity contribution in [2.45, 2.75) is 12.2 Å². The van der Waals surface area contributed by atoms with Gasteiger partial charge in [0, 0.05) is 43.1 Å². The highest BCUT2D eigenvalue weighted by atomic mass is 32.2. The maximum Gasteiger partial charge on any atom is 0.259 e. The molecule has 8 heteroatoms. The molecule has 0 radical (unpaired) electrons. The minimum Gasteiger partial charge on any atom is -0.454 e. The number of fused-ring (bicyclic) bond motifs is 2. The summed E-state index contributed by atoms with van der Waals surface area (Å²) >= 11 is 1.74. The first kappa shape index (κ1) is 28.4. The van der Waals surface area contributed by atoms with Crippen molar-refractivity contribution in [1.82, 2.24) is 0 Å². The lowest BCUT2D eigenvalue weighted by atomic mass is 10.1. The number of carbonyl (C=O) groups is 2. The summed E-state index contributed by atoms with van der Waals surface area (Å²) in [5.41, 5.74) is 9.18. The number of carbonyl (C=O) groups excluding carboxylic acids is 2. The lowest BCUT2D eigenvalue weighted by molar-refractivity contribution is -0.0980. The summed E-state index contributed by atoms with van der Waals surface area (Å²) < 4.78 is 5.98. The van der Waals surface area contributed by atoms with Gasteiger partial charge in [-0.3, -0.25) is 9.79 Å². The number of allylic oxidation sites excluding steroid dienone is 1. The van der Waals surface area contributed by atoms with Gasteiger partial charge in [-0.25, -0.2) is 0 Å². The van der Waals surface area contributed by atoms with E-state index in [2.05, 4.69) is 51.9 Å². The molecule has 4 rings (SSSR count). The van der Waals surface area contributed by atoms with Crippen LogP contribution in [0.5, 0.6) is 11.5 Å². The number of thioether (sulfide) groups is 1. The Balaban J connectivity index is 0.00000109. The lowest BCUT2D eigenvalue weighted by Gasteiger charge is -2.13. The maximum atomic E-state index is 12.6. The number of rotatable bonds is 7. The minimum absolute atomic E-state index is 0.171. The average molecular weight is 505 g/mol. The summed E-state index contributed by atoms with van der Waals surface area (Å²) in [5.74, 6) is 1.86. The van der Waals surface area contributed by atoms with Crippen LogP contribution in [0.3, 0.4) is 0 Å². The predicted molar refractivity (Wildman–Crippen MR) is 152 cm³/mol. The molecule has 1 heterocycles. The summed E-state index contributed by atoms with van der Waals surface area (Å²) in [5, 5.41) is 2.97. The second-order valence-electron chi connectivity index (χ2n) is 7.69. The van der Waals surface area contributed by atoms with Crippen molar-refractivity contribution in [3.05, 3.63) is 94.5 Å². The lowest BCUT2D eigenvalue weighted by Crippen LogP contribution is -2.10. The van der Waals surface area contributed by atoms with Crippen LogP contribution in [0.25, 0.3) is 0 Å². The minimum atomic E-state index is -0.171. The number of para-hydroxylation sites is 1. The van der Waals surface area contributed by atoms with Gasteiger partial charge in [-0.1, -0.05) is 30.3 Å². The van der Waals surface area contributed by atoms with E-state index in [4.69, 9.17) is 9.53 Å². The number of benzene rings is 3. The molecule has 3 N–H and O–H groups in total. The van der Waals surface area contributed by atoms with Gasteiger partial charge in [0.2, 0.25) is 0 Å². The maximum absolute atomic E-state index is 12.6. The van der Waals surface area contributed by atoms with Crippen LogP contribution in [0.4, 0.5) is 11.4 Å². The third-order valence-corrected chi connectivity index (χ3v) is 6.23. The van der Waals surface area contributed by atoms with Gasteiger partial charge in [0.1, 0.15) is 12.5 Å². The normalized spacial score (nSPS) is 11.6. The van der Waals surface area contributed by atoms with Gasteiger partial charge in [0.15, 0.2) is 5.75 Å². The number of nitrogens with two attached hydrogens (primary N) is 1. The molecule has 0 unspecified atom stereocenters. The Hall–Kier alpha value is -3.88. The molecule has 0 saturated carbocycles. The quantitative estimate of drug-likeness (QED) is 0.411. The standard InChI is InChI=1S/C26H25N3O2S.CH5N.CH2O/c1-27-16-21(32-17-18-8-11-20(12-9-18)29(2)3)14-19-10-13-25-23(15-19)28-26(30)22-6-4-5-7-24(22)31-25;2*1-2/h4-13,15-16H,1,14,17H2,2-3H3,(H,28,30);2H2,1H3;1H2/b21-16-;;. The van der Waals surface area contributed by atoms with Gasteiger partial charge in [-0.05, 0) is 61.3 Å². The fraction of sp³-hybridized carbons (Fsp3) is 0.179. The van der Waals surface area contributed by atoms with Gasteiger partial charge in [-0.15, -0.1) is 11.8 Å². The molecule has 1 aliphatic heterocycles. The van der Waals surface area contributed by atoms with Gasteiger partial charge in [0.05, 0.1) is 11.3 Å². The molecular formula is C28H32N4O3S. The number of nitrogens with zero attached hydrogens (tertiary/aromatic N) is 2.